The number of benzene rings is 1. The lowest BCUT2D eigenvalue weighted by atomic mass is 10.2. The van der Waals surface area contributed by atoms with Crippen LogP contribution in [0.2, 0.25) is 0 Å². The predicted octanol–water partition coefficient (Wildman–Crippen LogP) is 3.57. The third-order valence-electron chi connectivity index (χ3n) is 4.91. The Morgan fingerprint density at radius 3 is 2.62 bits per heavy atom. The maximum atomic E-state index is 12.2. The van der Waals surface area contributed by atoms with E-state index in [9.17, 15) is 4.79 Å². The molecule has 2 aromatic rings. The summed E-state index contributed by atoms with van der Waals surface area (Å²) in [4.78, 5) is 19.2. The van der Waals surface area contributed by atoms with Crippen LogP contribution in [0.1, 0.15) is 43.6 Å². The second kappa shape index (κ2) is 9.53. The van der Waals surface area contributed by atoms with Crippen molar-refractivity contribution in [3.05, 3.63) is 41.8 Å². The smallest absolute Gasteiger partial charge is 0.226 e. The highest BCUT2D eigenvalue weighted by atomic mass is 16.4. The second-order valence-electron chi connectivity index (χ2n) is 7.02. The number of carbonyl (C=O) groups is 1. The molecule has 1 N–H and O–H groups in total. The van der Waals surface area contributed by atoms with E-state index < -0.39 is 0 Å². The SMILES string of the molecule is Cc1oc(-c2ccccc2)nc1CC(=O)NCCCN1CCCCCC1. The fraction of sp³-hybridized carbons (Fsp3) is 0.524. The van der Waals surface area contributed by atoms with E-state index >= 15 is 0 Å². The molecule has 5 nitrogen and oxygen atoms in total. The van der Waals surface area contributed by atoms with Crippen molar-refractivity contribution in [2.24, 2.45) is 0 Å². The Morgan fingerprint density at radius 1 is 1.15 bits per heavy atom. The highest BCUT2D eigenvalue weighted by Crippen LogP contribution is 2.21. The molecule has 1 amide bonds. The highest BCUT2D eigenvalue weighted by molar-refractivity contribution is 5.78. The van der Waals surface area contributed by atoms with Crippen LogP contribution in [0.3, 0.4) is 0 Å². The van der Waals surface area contributed by atoms with Gasteiger partial charge in [-0.1, -0.05) is 31.0 Å². The summed E-state index contributed by atoms with van der Waals surface area (Å²) >= 11 is 0. The summed E-state index contributed by atoms with van der Waals surface area (Å²) in [5, 5.41) is 3.02. The minimum absolute atomic E-state index is 0.0110. The number of aryl methyl sites for hydroxylation is 1. The Morgan fingerprint density at radius 2 is 1.88 bits per heavy atom. The van der Waals surface area contributed by atoms with Crippen molar-refractivity contribution in [3.63, 3.8) is 0 Å². The number of hydrogen-bond donors (Lipinski definition) is 1. The van der Waals surface area contributed by atoms with Crippen molar-refractivity contribution in [2.75, 3.05) is 26.2 Å². The summed E-state index contributed by atoms with van der Waals surface area (Å²) in [6.07, 6.45) is 6.60. The normalized spacial score (nSPS) is 15.6. The average molecular weight is 355 g/mol. The number of oxazole rings is 1. The molecule has 26 heavy (non-hydrogen) atoms. The van der Waals surface area contributed by atoms with Gasteiger partial charge in [-0.25, -0.2) is 4.98 Å². The maximum Gasteiger partial charge on any atom is 0.226 e. The number of hydrogen-bond acceptors (Lipinski definition) is 4. The summed E-state index contributed by atoms with van der Waals surface area (Å²) in [7, 11) is 0. The van der Waals surface area contributed by atoms with Crippen molar-refractivity contribution < 1.29 is 9.21 Å². The Bertz CT molecular complexity index is 689. The Labute approximate surface area is 155 Å². The van der Waals surface area contributed by atoms with E-state index in [0.29, 0.717) is 17.3 Å². The van der Waals surface area contributed by atoms with E-state index in [-0.39, 0.29) is 12.3 Å². The van der Waals surface area contributed by atoms with Crippen LogP contribution in [-0.4, -0.2) is 42.0 Å². The van der Waals surface area contributed by atoms with Crippen molar-refractivity contribution in [1.82, 2.24) is 15.2 Å². The van der Waals surface area contributed by atoms with Gasteiger partial charge in [-0.2, -0.15) is 0 Å². The van der Waals surface area contributed by atoms with E-state index in [1.807, 2.05) is 37.3 Å². The third kappa shape index (κ3) is 5.43. The van der Waals surface area contributed by atoms with Gasteiger partial charge in [-0.05, 0) is 58.0 Å². The first-order valence-corrected chi connectivity index (χ1v) is 9.73. The first-order valence-electron chi connectivity index (χ1n) is 9.73. The van der Waals surface area contributed by atoms with Crippen LogP contribution >= 0.6 is 0 Å². The van der Waals surface area contributed by atoms with E-state index in [4.69, 9.17) is 4.42 Å². The van der Waals surface area contributed by atoms with Crippen molar-refractivity contribution in [2.45, 2.75) is 45.4 Å². The van der Waals surface area contributed by atoms with Gasteiger partial charge in [-0.3, -0.25) is 4.79 Å². The van der Waals surface area contributed by atoms with E-state index in [0.717, 1.165) is 25.1 Å². The van der Waals surface area contributed by atoms with Gasteiger partial charge in [0.1, 0.15) is 5.76 Å². The lowest BCUT2D eigenvalue weighted by Crippen LogP contribution is -2.31. The Balaban J connectivity index is 1.42. The lowest BCUT2D eigenvalue weighted by Gasteiger charge is -2.19. The van der Waals surface area contributed by atoms with Crippen molar-refractivity contribution in [3.8, 4) is 11.5 Å². The lowest BCUT2D eigenvalue weighted by molar-refractivity contribution is -0.120. The first-order chi connectivity index (χ1) is 12.7. The molecule has 1 aliphatic rings. The average Bonchev–Trinajstić information content (AvgIpc) is 2.85. The fourth-order valence-electron chi connectivity index (χ4n) is 3.40. The van der Waals surface area contributed by atoms with Gasteiger partial charge in [0.05, 0.1) is 12.1 Å². The molecule has 1 aliphatic heterocycles. The van der Waals surface area contributed by atoms with Gasteiger partial charge in [0, 0.05) is 12.1 Å². The second-order valence-corrected chi connectivity index (χ2v) is 7.02. The summed E-state index contributed by atoms with van der Waals surface area (Å²) in [6.45, 7) is 6.06. The molecule has 1 fully saturated rings. The van der Waals surface area contributed by atoms with Crippen LogP contribution in [0, 0.1) is 6.92 Å². The molecular formula is C21H29N3O2. The van der Waals surface area contributed by atoms with E-state index in [1.165, 1.54) is 38.8 Å². The summed E-state index contributed by atoms with van der Waals surface area (Å²) in [5.74, 6) is 1.30. The summed E-state index contributed by atoms with van der Waals surface area (Å²) in [5.41, 5.74) is 1.65. The Hall–Kier alpha value is -2.14. The number of likely N-dealkylation sites (tertiary alicyclic amines) is 1. The molecule has 0 spiro atoms. The number of carbonyl (C=O) groups excluding carboxylic acids is 1. The standard InChI is InChI=1S/C21H29N3O2/c1-17-19(23-21(26-17)18-10-5-4-6-11-18)16-20(25)22-12-9-15-24-13-7-2-3-8-14-24/h4-6,10-11H,2-3,7-9,12-16H2,1H3,(H,22,25). The minimum atomic E-state index is 0.0110. The molecule has 0 aliphatic carbocycles. The minimum Gasteiger partial charge on any atom is -0.441 e. The molecule has 0 bridgehead atoms. The summed E-state index contributed by atoms with van der Waals surface area (Å²) < 4.78 is 5.72. The zero-order chi connectivity index (χ0) is 18.2. The molecule has 0 unspecified atom stereocenters. The molecular weight excluding hydrogens is 326 g/mol. The van der Waals surface area contributed by atoms with Crippen molar-refractivity contribution in [1.29, 1.82) is 0 Å². The molecule has 140 valence electrons. The van der Waals surface area contributed by atoms with Gasteiger partial charge in [0.15, 0.2) is 0 Å². The molecule has 3 rings (SSSR count). The topological polar surface area (TPSA) is 58.4 Å². The summed E-state index contributed by atoms with van der Waals surface area (Å²) in [6, 6.07) is 9.77. The molecule has 0 saturated carbocycles. The molecule has 0 atom stereocenters. The van der Waals surface area contributed by atoms with Gasteiger partial charge in [0.25, 0.3) is 0 Å². The number of amides is 1. The molecule has 2 heterocycles. The van der Waals surface area contributed by atoms with Crippen LogP contribution in [0.25, 0.3) is 11.5 Å². The number of nitrogens with one attached hydrogen (secondary N) is 1. The van der Waals surface area contributed by atoms with Gasteiger partial charge >= 0.3 is 0 Å². The quantitative estimate of drug-likeness (QED) is 0.771. The molecule has 5 heteroatoms. The van der Waals surface area contributed by atoms with Crippen LogP contribution in [0.5, 0.6) is 0 Å². The Kier molecular flexibility index (Phi) is 6.83. The van der Waals surface area contributed by atoms with Gasteiger partial charge in [0.2, 0.25) is 11.8 Å². The number of nitrogens with zero attached hydrogens (tertiary/aromatic N) is 2. The van der Waals surface area contributed by atoms with Crippen LogP contribution in [0.4, 0.5) is 0 Å². The predicted molar refractivity (Wildman–Crippen MR) is 103 cm³/mol. The van der Waals surface area contributed by atoms with Gasteiger partial charge < -0.3 is 14.6 Å². The third-order valence-corrected chi connectivity index (χ3v) is 4.91. The van der Waals surface area contributed by atoms with E-state index in [2.05, 4.69) is 15.2 Å². The number of aromatic nitrogens is 1. The molecule has 1 aromatic heterocycles. The fourth-order valence-corrected chi connectivity index (χ4v) is 3.40. The monoisotopic (exact) mass is 355 g/mol. The van der Waals surface area contributed by atoms with Crippen LogP contribution in [-0.2, 0) is 11.2 Å². The highest BCUT2D eigenvalue weighted by Gasteiger charge is 2.14. The van der Waals surface area contributed by atoms with Gasteiger partial charge in [-0.15, -0.1) is 0 Å². The number of rotatable bonds is 7. The zero-order valence-corrected chi connectivity index (χ0v) is 15.7. The molecule has 1 aromatic carbocycles. The molecule has 0 radical (unpaired) electrons. The van der Waals surface area contributed by atoms with Crippen LogP contribution < -0.4 is 5.32 Å². The van der Waals surface area contributed by atoms with Crippen molar-refractivity contribution >= 4 is 5.91 Å². The zero-order valence-electron chi connectivity index (χ0n) is 15.7. The largest absolute Gasteiger partial charge is 0.441 e. The molecule has 1 saturated heterocycles. The van der Waals surface area contributed by atoms with E-state index in [1.54, 1.807) is 0 Å². The first kappa shape index (κ1) is 18.6. The van der Waals surface area contributed by atoms with Crippen LogP contribution in [0.15, 0.2) is 34.7 Å². The maximum absolute atomic E-state index is 12.2.